The first kappa shape index (κ1) is 19.6. The maximum absolute atomic E-state index is 11.6. The lowest BCUT2D eigenvalue weighted by Gasteiger charge is -2.01. The van der Waals surface area contributed by atoms with Crippen molar-refractivity contribution in [1.82, 2.24) is 15.2 Å². The molecule has 142 valence electrons. The molecule has 8 nitrogen and oxygen atoms in total. The molecule has 0 fully saturated rings. The summed E-state index contributed by atoms with van der Waals surface area (Å²) in [7, 11) is 0. The molecule has 3 rings (SSSR count). The summed E-state index contributed by atoms with van der Waals surface area (Å²) in [5, 5.41) is 28.1. The molecule has 10 heteroatoms. The SMILES string of the molecule is Cc1ccc(/C=C(/Sc2n[nH]c(-c3ccc(Cl)cc3)n2)C(=O)O)cc1[N+](=O)[O-]. The number of carbonyl (C=O) groups is 1. The zero-order valence-electron chi connectivity index (χ0n) is 14.4. The maximum atomic E-state index is 11.6. The van der Waals surface area contributed by atoms with Gasteiger partial charge in [-0.15, -0.1) is 5.10 Å². The lowest BCUT2D eigenvalue weighted by Crippen LogP contribution is -1.98. The van der Waals surface area contributed by atoms with Crippen LogP contribution in [-0.4, -0.2) is 31.2 Å². The number of aromatic amines is 1. The zero-order chi connectivity index (χ0) is 20.3. The van der Waals surface area contributed by atoms with Gasteiger partial charge < -0.3 is 5.11 Å². The van der Waals surface area contributed by atoms with Gasteiger partial charge in [0.1, 0.15) is 4.91 Å². The molecule has 0 unspecified atom stereocenters. The van der Waals surface area contributed by atoms with Crippen molar-refractivity contribution in [3.63, 3.8) is 0 Å². The van der Waals surface area contributed by atoms with Gasteiger partial charge >= 0.3 is 5.97 Å². The van der Waals surface area contributed by atoms with Crippen LogP contribution in [0.15, 0.2) is 52.5 Å². The number of H-pyrrole nitrogens is 1. The third-order valence-electron chi connectivity index (χ3n) is 3.72. The van der Waals surface area contributed by atoms with Gasteiger partial charge in [0.2, 0.25) is 5.16 Å². The number of nitro benzene ring substituents is 1. The van der Waals surface area contributed by atoms with Gasteiger partial charge in [-0.1, -0.05) is 23.7 Å². The zero-order valence-corrected chi connectivity index (χ0v) is 16.0. The summed E-state index contributed by atoms with van der Waals surface area (Å²) in [5.74, 6) is -0.721. The second-order valence-corrected chi connectivity index (χ2v) is 7.14. The largest absolute Gasteiger partial charge is 0.477 e. The van der Waals surface area contributed by atoms with Gasteiger partial charge in [0.05, 0.1) is 4.92 Å². The Morgan fingerprint density at radius 3 is 2.64 bits per heavy atom. The van der Waals surface area contributed by atoms with Gasteiger partial charge in [-0.05, 0) is 54.6 Å². The Kier molecular flexibility index (Phi) is 5.76. The van der Waals surface area contributed by atoms with E-state index in [9.17, 15) is 20.0 Å². The molecule has 0 aliphatic rings. The number of nitrogens with zero attached hydrogens (tertiary/aromatic N) is 3. The first-order valence-corrected chi connectivity index (χ1v) is 9.09. The standard InChI is InChI=1S/C18H13ClN4O4S/c1-10-2-3-11(8-14(10)23(26)27)9-15(17(24)25)28-18-20-16(21-22-18)12-4-6-13(19)7-5-12/h2-9H,1H3,(H,24,25)(H,20,21,22)/b15-9+. The van der Waals surface area contributed by atoms with E-state index < -0.39 is 10.9 Å². The lowest BCUT2D eigenvalue weighted by atomic mass is 10.1. The minimum atomic E-state index is -1.19. The lowest BCUT2D eigenvalue weighted by molar-refractivity contribution is -0.385. The fourth-order valence-electron chi connectivity index (χ4n) is 2.33. The summed E-state index contributed by atoms with van der Waals surface area (Å²) in [5.41, 5.74) is 1.56. The Hall–Kier alpha value is -3.17. The number of thioether (sulfide) groups is 1. The third kappa shape index (κ3) is 4.56. The van der Waals surface area contributed by atoms with Gasteiger partial charge in [-0.3, -0.25) is 15.2 Å². The van der Waals surface area contributed by atoms with Gasteiger partial charge in [0.15, 0.2) is 5.82 Å². The quantitative estimate of drug-likeness (QED) is 0.261. The Balaban J connectivity index is 1.87. The van der Waals surface area contributed by atoms with Crippen molar-refractivity contribution in [2.45, 2.75) is 12.1 Å². The van der Waals surface area contributed by atoms with Crippen LogP contribution in [0.3, 0.4) is 0 Å². The number of aryl methyl sites for hydroxylation is 1. The van der Waals surface area contributed by atoms with Gasteiger partial charge in [0.25, 0.3) is 5.69 Å². The van der Waals surface area contributed by atoms with E-state index in [2.05, 4.69) is 15.2 Å². The van der Waals surface area contributed by atoms with Crippen molar-refractivity contribution < 1.29 is 14.8 Å². The second-order valence-electron chi connectivity index (χ2n) is 5.69. The van der Waals surface area contributed by atoms with Crippen LogP contribution < -0.4 is 0 Å². The molecule has 28 heavy (non-hydrogen) atoms. The first-order chi connectivity index (χ1) is 13.3. The Bertz CT molecular complexity index is 1080. The third-order valence-corrected chi connectivity index (χ3v) is 4.85. The number of hydrogen-bond donors (Lipinski definition) is 2. The van der Waals surface area contributed by atoms with Crippen molar-refractivity contribution in [2.75, 3.05) is 0 Å². The molecule has 1 aromatic heterocycles. The van der Waals surface area contributed by atoms with E-state index in [4.69, 9.17) is 11.6 Å². The highest BCUT2D eigenvalue weighted by atomic mass is 35.5. The van der Waals surface area contributed by atoms with E-state index in [-0.39, 0.29) is 15.7 Å². The van der Waals surface area contributed by atoms with Crippen LogP contribution in [0.5, 0.6) is 0 Å². The number of aromatic nitrogens is 3. The summed E-state index contributed by atoms with van der Waals surface area (Å²) in [6.07, 6.45) is 1.35. The summed E-state index contributed by atoms with van der Waals surface area (Å²) >= 11 is 6.70. The van der Waals surface area contributed by atoms with Crippen LogP contribution in [0, 0.1) is 17.0 Å². The van der Waals surface area contributed by atoms with Crippen LogP contribution in [0.1, 0.15) is 11.1 Å². The molecule has 0 bridgehead atoms. The van der Waals surface area contributed by atoms with Gasteiger partial charge in [-0.2, -0.15) is 0 Å². The molecular weight excluding hydrogens is 404 g/mol. The maximum Gasteiger partial charge on any atom is 0.342 e. The second kappa shape index (κ2) is 8.24. The molecule has 0 saturated carbocycles. The van der Waals surface area contributed by atoms with E-state index in [1.54, 1.807) is 43.3 Å². The van der Waals surface area contributed by atoms with E-state index in [1.165, 1.54) is 12.1 Å². The highest BCUT2D eigenvalue weighted by Crippen LogP contribution is 2.29. The monoisotopic (exact) mass is 416 g/mol. The fourth-order valence-corrected chi connectivity index (χ4v) is 3.16. The van der Waals surface area contributed by atoms with Crippen molar-refractivity contribution in [1.29, 1.82) is 0 Å². The summed E-state index contributed by atoms with van der Waals surface area (Å²) in [6.45, 7) is 1.62. The van der Waals surface area contributed by atoms with Crippen LogP contribution in [0.2, 0.25) is 5.02 Å². The number of benzene rings is 2. The molecule has 0 aliphatic heterocycles. The molecule has 0 spiro atoms. The van der Waals surface area contributed by atoms with Crippen LogP contribution in [0.25, 0.3) is 17.5 Å². The normalized spacial score (nSPS) is 11.4. The average Bonchev–Trinajstić information content (AvgIpc) is 3.11. The number of halogens is 1. The highest BCUT2D eigenvalue weighted by Gasteiger charge is 2.16. The molecule has 2 N–H and O–H groups in total. The van der Waals surface area contributed by atoms with E-state index in [0.717, 1.165) is 17.3 Å². The summed E-state index contributed by atoms with van der Waals surface area (Å²) < 4.78 is 0. The number of hydrogen-bond acceptors (Lipinski definition) is 6. The Morgan fingerprint density at radius 1 is 1.29 bits per heavy atom. The van der Waals surface area contributed by atoms with Crippen LogP contribution >= 0.6 is 23.4 Å². The van der Waals surface area contributed by atoms with E-state index in [0.29, 0.717) is 22.0 Å². The molecule has 3 aromatic rings. The molecule has 0 aliphatic carbocycles. The topological polar surface area (TPSA) is 122 Å². The smallest absolute Gasteiger partial charge is 0.342 e. The minimum absolute atomic E-state index is 0.0696. The van der Waals surface area contributed by atoms with E-state index in [1.807, 2.05) is 0 Å². The minimum Gasteiger partial charge on any atom is -0.477 e. The molecule has 0 radical (unpaired) electrons. The predicted octanol–water partition coefficient (Wildman–Crippen LogP) is 4.56. The molecule has 1 heterocycles. The number of carboxylic acids is 1. The molecular formula is C18H13ClN4O4S. The number of aliphatic carboxylic acids is 1. The fraction of sp³-hybridized carbons (Fsp3) is 0.0556. The molecule has 0 atom stereocenters. The number of nitro groups is 1. The molecule has 0 amide bonds. The van der Waals surface area contributed by atoms with Gasteiger partial charge in [-0.25, -0.2) is 9.78 Å². The molecule has 0 saturated heterocycles. The Labute approximate surface area is 168 Å². The first-order valence-electron chi connectivity index (χ1n) is 7.89. The number of nitrogens with one attached hydrogen (secondary N) is 1. The van der Waals surface area contributed by atoms with Crippen molar-refractivity contribution >= 4 is 41.1 Å². The van der Waals surface area contributed by atoms with Gasteiger partial charge in [0, 0.05) is 22.2 Å². The Morgan fingerprint density at radius 2 is 2.00 bits per heavy atom. The van der Waals surface area contributed by atoms with Crippen molar-refractivity contribution in [3.05, 3.63) is 73.6 Å². The highest BCUT2D eigenvalue weighted by molar-refractivity contribution is 8.04. The van der Waals surface area contributed by atoms with Crippen LogP contribution in [0.4, 0.5) is 5.69 Å². The van der Waals surface area contributed by atoms with Crippen molar-refractivity contribution in [3.8, 4) is 11.4 Å². The average molecular weight is 417 g/mol. The predicted molar refractivity (Wildman–Crippen MR) is 106 cm³/mol. The summed E-state index contributed by atoms with van der Waals surface area (Å²) in [4.78, 5) is 26.4. The van der Waals surface area contributed by atoms with Crippen LogP contribution in [-0.2, 0) is 4.79 Å². The summed E-state index contributed by atoms with van der Waals surface area (Å²) in [6, 6.07) is 11.4. The van der Waals surface area contributed by atoms with E-state index >= 15 is 0 Å². The van der Waals surface area contributed by atoms with Crippen molar-refractivity contribution in [2.24, 2.45) is 0 Å². The number of rotatable bonds is 6. The molecule has 2 aromatic carbocycles. The number of carboxylic acid groups (broad SMARTS) is 1.